The molecule has 0 atom stereocenters. The molecule has 4 rings (SSSR count). The van der Waals surface area contributed by atoms with Crippen LogP contribution in [-0.4, -0.2) is 9.97 Å². The maximum atomic E-state index is 5.91. The molecule has 3 aromatic rings. The molecule has 0 saturated heterocycles. The number of nitrogens with zero attached hydrogens (tertiary/aromatic N) is 1. The van der Waals surface area contributed by atoms with Crippen LogP contribution in [0, 0.1) is 0 Å². The monoisotopic (exact) mass is 295 g/mol. The molecule has 3 N–H and O–H groups in total. The molecular weight excluding hydrogens is 278 g/mol. The van der Waals surface area contributed by atoms with Crippen molar-refractivity contribution in [2.45, 2.75) is 35.9 Å². The minimum Gasteiger partial charge on any atom is -0.349 e. The highest BCUT2D eigenvalue weighted by Crippen LogP contribution is 2.33. The van der Waals surface area contributed by atoms with E-state index in [1.165, 1.54) is 23.1 Å². The summed E-state index contributed by atoms with van der Waals surface area (Å²) in [6.45, 7) is 0.544. The van der Waals surface area contributed by atoms with Gasteiger partial charge in [-0.2, -0.15) is 0 Å². The fourth-order valence-corrected chi connectivity index (χ4v) is 3.93. The van der Waals surface area contributed by atoms with Gasteiger partial charge < -0.3 is 10.7 Å². The van der Waals surface area contributed by atoms with Gasteiger partial charge in [0.1, 0.15) is 5.03 Å². The number of H-pyrrole nitrogens is 1. The van der Waals surface area contributed by atoms with Crippen LogP contribution in [0.15, 0.2) is 46.5 Å². The van der Waals surface area contributed by atoms with E-state index in [0.29, 0.717) is 6.54 Å². The van der Waals surface area contributed by atoms with E-state index in [2.05, 4.69) is 35.3 Å². The fraction of sp³-hybridized carbons (Fsp3) is 0.235. The van der Waals surface area contributed by atoms with Crippen molar-refractivity contribution in [1.29, 1.82) is 0 Å². The third-order valence-electron chi connectivity index (χ3n) is 4.02. The van der Waals surface area contributed by atoms with Gasteiger partial charge in [0, 0.05) is 23.1 Å². The van der Waals surface area contributed by atoms with Gasteiger partial charge in [0.2, 0.25) is 0 Å². The number of aromatic amines is 1. The molecule has 106 valence electrons. The fourth-order valence-electron chi connectivity index (χ4n) is 2.94. The summed E-state index contributed by atoms with van der Waals surface area (Å²) >= 11 is 1.68. The van der Waals surface area contributed by atoms with Gasteiger partial charge in [-0.15, -0.1) is 0 Å². The molecule has 0 aliphatic heterocycles. The van der Waals surface area contributed by atoms with Crippen molar-refractivity contribution in [3.8, 4) is 0 Å². The van der Waals surface area contributed by atoms with Crippen molar-refractivity contribution >= 4 is 22.7 Å². The molecule has 0 amide bonds. The number of hydrogen-bond donors (Lipinski definition) is 2. The van der Waals surface area contributed by atoms with E-state index >= 15 is 0 Å². The van der Waals surface area contributed by atoms with Crippen molar-refractivity contribution < 1.29 is 0 Å². The molecule has 0 fully saturated rings. The van der Waals surface area contributed by atoms with Crippen LogP contribution in [-0.2, 0) is 19.4 Å². The second kappa shape index (κ2) is 5.20. The summed E-state index contributed by atoms with van der Waals surface area (Å²) in [6, 6.07) is 12.8. The normalized spacial score (nSPS) is 13.8. The topological polar surface area (TPSA) is 54.7 Å². The van der Waals surface area contributed by atoms with Crippen molar-refractivity contribution in [3.05, 3.63) is 53.2 Å². The molecule has 2 heterocycles. The van der Waals surface area contributed by atoms with Gasteiger partial charge in [0.25, 0.3) is 0 Å². The molecule has 21 heavy (non-hydrogen) atoms. The van der Waals surface area contributed by atoms with E-state index in [0.717, 1.165) is 34.0 Å². The Kier molecular flexibility index (Phi) is 3.20. The first-order valence-electron chi connectivity index (χ1n) is 7.31. The molecule has 4 heteroatoms. The third kappa shape index (κ3) is 2.34. The van der Waals surface area contributed by atoms with Crippen molar-refractivity contribution in [2.75, 3.05) is 0 Å². The molecule has 1 aliphatic rings. The zero-order chi connectivity index (χ0) is 14.2. The summed E-state index contributed by atoms with van der Waals surface area (Å²) in [7, 11) is 0. The SMILES string of the molecule is NCc1cc2c(nc1Sc1cc3ccccc3[nH]1)CCC2. The van der Waals surface area contributed by atoms with Gasteiger partial charge in [-0.3, -0.25) is 0 Å². The smallest absolute Gasteiger partial charge is 0.107 e. The number of fused-ring (bicyclic) bond motifs is 2. The molecule has 2 aromatic heterocycles. The van der Waals surface area contributed by atoms with Crippen molar-refractivity contribution in [1.82, 2.24) is 9.97 Å². The molecule has 1 aromatic carbocycles. The van der Waals surface area contributed by atoms with E-state index < -0.39 is 0 Å². The Balaban J connectivity index is 1.73. The Bertz CT molecular complexity index is 774. The summed E-state index contributed by atoms with van der Waals surface area (Å²) in [6.07, 6.45) is 3.46. The lowest BCUT2D eigenvalue weighted by Crippen LogP contribution is -2.03. The number of benzene rings is 1. The van der Waals surface area contributed by atoms with Crippen LogP contribution in [0.3, 0.4) is 0 Å². The Labute approximate surface area is 128 Å². The largest absolute Gasteiger partial charge is 0.349 e. The third-order valence-corrected chi connectivity index (χ3v) is 5.01. The minimum absolute atomic E-state index is 0.544. The number of rotatable bonds is 3. The lowest BCUT2D eigenvalue weighted by Gasteiger charge is -2.08. The van der Waals surface area contributed by atoms with Gasteiger partial charge in [0.05, 0.1) is 5.03 Å². The second-order valence-corrected chi connectivity index (χ2v) is 6.47. The number of aromatic nitrogens is 2. The van der Waals surface area contributed by atoms with Gasteiger partial charge in [-0.25, -0.2) is 4.98 Å². The minimum atomic E-state index is 0.544. The first kappa shape index (κ1) is 12.9. The van der Waals surface area contributed by atoms with Gasteiger partial charge in [-0.05, 0) is 42.5 Å². The standard InChI is InChI=1S/C17H17N3S/c18-10-13-8-11-5-3-7-15(11)20-17(13)21-16-9-12-4-1-2-6-14(12)19-16/h1-2,4,6,8-9,19H,3,5,7,10,18H2. The highest BCUT2D eigenvalue weighted by atomic mass is 32.2. The van der Waals surface area contributed by atoms with Crippen LogP contribution >= 0.6 is 11.8 Å². The maximum Gasteiger partial charge on any atom is 0.107 e. The molecule has 0 radical (unpaired) electrons. The molecule has 1 aliphatic carbocycles. The first-order chi connectivity index (χ1) is 10.3. The van der Waals surface area contributed by atoms with E-state index in [1.807, 2.05) is 6.07 Å². The molecular formula is C17H17N3S. The van der Waals surface area contributed by atoms with Crippen LogP contribution in [0.4, 0.5) is 0 Å². The molecule has 0 bridgehead atoms. The number of nitrogens with one attached hydrogen (secondary N) is 1. The summed E-state index contributed by atoms with van der Waals surface area (Å²) in [5.74, 6) is 0. The number of aryl methyl sites for hydroxylation is 2. The van der Waals surface area contributed by atoms with Crippen molar-refractivity contribution in [3.63, 3.8) is 0 Å². The van der Waals surface area contributed by atoms with E-state index in [4.69, 9.17) is 10.7 Å². The number of para-hydroxylation sites is 1. The van der Waals surface area contributed by atoms with Gasteiger partial charge in [0.15, 0.2) is 0 Å². The van der Waals surface area contributed by atoms with Crippen LogP contribution in [0.2, 0.25) is 0 Å². The zero-order valence-corrected chi connectivity index (χ0v) is 12.5. The Morgan fingerprint density at radius 3 is 2.95 bits per heavy atom. The van der Waals surface area contributed by atoms with E-state index in [9.17, 15) is 0 Å². The number of pyridine rings is 1. The second-order valence-electron chi connectivity index (χ2n) is 5.44. The quantitative estimate of drug-likeness (QED) is 0.775. The molecule has 0 unspecified atom stereocenters. The van der Waals surface area contributed by atoms with Crippen LogP contribution < -0.4 is 5.73 Å². The molecule has 0 spiro atoms. The summed E-state index contributed by atoms with van der Waals surface area (Å²) < 4.78 is 0. The van der Waals surface area contributed by atoms with Crippen LogP contribution in [0.1, 0.15) is 23.2 Å². The maximum absolute atomic E-state index is 5.91. The van der Waals surface area contributed by atoms with Crippen molar-refractivity contribution in [2.24, 2.45) is 5.73 Å². The van der Waals surface area contributed by atoms with Crippen LogP contribution in [0.5, 0.6) is 0 Å². The van der Waals surface area contributed by atoms with E-state index in [-0.39, 0.29) is 0 Å². The average Bonchev–Trinajstić information content (AvgIpc) is 3.11. The predicted molar refractivity (Wildman–Crippen MR) is 86.6 cm³/mol. The Morgan fingerprint density at radius 2 is 2.10 bits per heavy atom. The molecule has 3 nitrogen and oxygen atoms in total. The lowest BCUT2D eigenvalue weighted by atomic mass is 10.1. The summed E-state index contributed by atoms with van der Waals surface area (Å²) in [4.78, 5) is 8.30. The van der Waals surface area contributed by atoms with Gasteiger partial charge >= 0.3 is 0 Å². The lowest BCUT2D eigenvalue weighted by molar-refractivity contribution is 0.884. The van der Waals surface area contributed by atoms with E-state index in [1.54, 1.807) is 11.8 Å². The summed E-state index contributed by atoms with van der Waals surface area (Å²) in [5.41, 5.74) is 10.9. The Morgan fingerprint density at radius 1 is 1.19 bits per heavy atom. The zero-order valence-electron chi connectivity index (χ0n) is 11.7. The first-order valence-corrected chi connectivity index (χ1v) is 8.12. The summed E-state index contributed by atoms with van der Waals surface area (Å²) in [5, 5.41) is 3.40. The van der Waals surface area contributed by atoms with Crippen LogP contribution in [0.25, 0.3) is 10.9 Å². The number of nitrogens with two attached hydrogens (primary N) is 1. The highest BCUT2D eigenvalue weighted by molar-refractivity contribution is 7.99. The average molecular weight is 295 g/mol. The Hall–Kier alpha value is -1.78. The molecule has 0 saturated carbocycles. The number of hydrogen-bond acceptors (Lipinski definition) is 3. The van der Waals surface area contributed by atoms with Gasteiger partial charge in [-0.1, -0.05) is 36.0 Å². The highest BCUT2D eigenvalue weighted by Gasteiger charge is 2.17. The predicted octanol–water partition coefficient (Wildman–Crippen LogP) is 3.66.